The van der Waals surface area contributed by atoms with Crippen LogP contribution < -0.4 is 10.6 Å². The molecular formula is C19H15Cl2N3O2S. The van der Waals surface area contributed by atoms with Gasteiger partial charge in [0.1, 0.15) is 0 Å². The monoisotopic (exact) mass is 419 g/mol. The van der Waals surface area contributed by atoms with Gasteiger partial charge in [0.2, 0.25) is 5.91 Å². The molecule has 0 unspecified atom stereocenters. The number of aryl methyl sites for hydroxylation is 1. The molecule has 1 aromatic heterocycles. The number of nitrogens with zero attached hydrogens (tertiary/aromatic N) is 1. The molecule has 5 nitrogen and oxygen atoms in total. The Balaban J connectivity index is 1.57. The van der Waals surface area contributed by atoms with Crippen molar-refractivity contribution in [2.24, 2.45) is 0 Å². The number of anilines is 1. The molecule has 3 aromatic rings. The summed E-state index contributed by atoms with van der Waals surface area (Å²) in [6, 6.07) is 12.4. The van der Waals surface area contributed by atoms with E-state index in [1.807, 2.05) is 36.6 Å². The summed E-state index contributed by atoms with van der Waals surface area (Å²) >= 11 is 13.0. The molecule has 1 heterocycles. The van der Waals surface area contributed by atoms with E-state index in [-0.39, 0.29) is 17.5 Å². The topological polar surface area (TPSA) is 71.1 Å². The molecule has 138 valence electrons. The van der Waals surface area contributed by atoms with Crippen molar-refractivity contribution in [2.45, 2.75) is 6.92 Å². The Morgan fingerprint density at radius 3 is 2.63 bits per heavy atom. The summed E-state index contributed by atoms with van der Waals surface area (Å²) in [5, 5.41) is 8.22. The minimum Gasteiger partial charge on any atom is -0.343 e. The molecule has 0 saturated carbocycles. The highest BCUT2D eigenvalue weighted by molar-refractivity contribution is 7.14. The van der Waals surface area contributed by atoms with Crippen molar-refractivity contribution in [3.63, 3.8) is 0 Å². The van der Waals surface area contributed by atoms with Gasteiger partial charge in [-0.05, 0) is 30.7 Å². The molecule has 2 aromatic carbocycles. The molecule has 2 N–H and O–H groups in total. The third-order valence-electron chi connectivity index (χ3n) is 3.76. The van der Waals surface area contributed by atoms with Crippen LogP contribution in [0.3, 0.4) is 0 Å². The maximum atomic E-state index is 12.1. The lowest BCUT2D eigenvalue weighted by Gasteiger charge is -2.06. The molecule has 0 aliphatic heterocycles. The van der Waals surface area contributed by atoms with Crippen LogP contribution in [0.1, 0.15) is 15.9 Å². The van der Waals surface area contributed by atoms with E-state index < -0.39 is 5.91 Å². The third kappa shape index (κ3) is 4.86. The first kappa shape index (κ1) is 19.4. The predicted molar refractivity (Wildman–Crippen MR) is 110 cm³/mol. The highest BCUT2D eigenvalue weighted by atomic mass is 35.5. The van der Waals surface area contributed by atoms with E-state index in [1.54, 1.807) is 0 Å². The molecule has 2 amide bonds. The molecular weight excluding hydrogens is 405 g/mol. The fourth-order valence-corrected chi connectivity index (χ4v) is 3.40. The first-order valence-electron chi connectivity index (χ1n) is 7.98. The number of thiazole rings is 1. The van der Waals surface area contributed by atoms with Gasteiger partial charge in [0, 0.05) is 16.5 Å². The van der Waals surface area contributed by atoms with E-state index in [0.717, 1.165) is 16.8 Å². The molecule has 0 spiro atoms. The summed E-state index contributed by atoms with van der Waals surface area (Å²) in [7, 11) is 0. The molecule has 0 bridgehead atoms. The zero-order valence-corrected chi connectivity index (χ0v) is 16.6. The van der Waals surface area contributed by atoms with Crippen molar-refractivity contribution in [1.82, 2.24) is 10.3 Å². The van der Waals surface area contributed by atoms with Crippen LogP contribution in [0.25, 0.3) is 11.3 Å². The van der Waals surface area contributed by atoms with Crippen LogP contribution >= 0.6 is 34.5 Å². The maximum absolute atomic E-state index is 12.1. The lowest BCUT2D eigenvalue weighted by atomic mass is 10.1. The Labute approximate surface area is 170 Å². The average Bonchev–Trinajstić information content (AvgIpc) is 3.10. The molecule has 0 atom stereocenters. The summed E-state index contributed by atoms with van der Waals surface area (Å²) in [5.74, 6) is -0.780. The van der Waals surface area contributed by atoms with E-state index in [2.05, 4.69) is 15.6 Å². The fourth-order valence-electron chi connectivity index (χ4n) is 2.38. The van der Waals surface area contributed by atoms with E-state index in [9.17, 15) is 9.59 Å². The zero-order valence-electron chi connectivity index (χ0n) is 14.3. The lowest BCUT2D eigenvalue weighted by molar-refractivity contribution is -0.115. The molecule has 0 fully saturated rings. The summed E-state index contributed by atoms with van der Waals surface area (Å²) in [6.07, 6.45) is 0. The lowest BCUT2D eigenvalue weighted by Crippen LogP contribution is -2.32. The summed E-state index contributed by atoms with van der Waals surface area (Å²) in [6.45, 7) is 1.82. The largest absolute Gasteiger partial charge is 0.343 e. The number of hydrogen-bond donors (Lipinski definition) is 2. The summed E-state index contributed by atoms with van der Waals surface area (Å²) in [4.78, 5) is 28.6. The Morgan fingerprint density at radius 2 is 1.89 bits per heavy atom. The van der Waals surface area contributed by atoms with E-state index >= 15 is 0 Å². The Hall–Kier alpha value is -2.41. The number of carbonyl (C=O) groups excluding carboxylic acids is 2. The number of hydrogen-bond acceptors (Lipinski definition) is 4. The van der Waals surface area contributed by atoms with Gasteiger partial charge >= 0.3 is 0 Å². The number of carbonyl (C=O) groups is 2. The quantitative estimate of drug-likeness (QED) is 0.623. The SMILES string of the molecule is Cc1ccccc1-c1csc(NC(=O)CNC(=O)c2ccc(Cl)c(Cl)c2)n1. The normalized spacial score (nSPS) is 10.5. The number of aromatic nitrogens is 1. The predicted octanol–water partition coefficient (Wildman–Crippen LogP) is 4.79. The fraction of sp³-hybridized carbons (Fsp3) is 0.105. The number of nitrogens with one attached hydrogen (secondary N) is 2. The molecule has 3 rings (SSSR count). The molecule has 0 radical (unpaired) electrons. The van der Waals surface area contributed by atoms with Crippen LogP contribution in [-0.4, -0.2) is 23.3 Å². The van der Waals surface area contributed by atoms with Crippen molar-refractivity contribution in [3.8, 4) is 11.3 Å². The number of amides is 2. The molecule has 27 heavy (non-hydrogen) atoms. The smallest absolute Gasteiger partial charge is 0.251 e. The Kier molecular flexibility index (Phi) is 6.11. The van der Waals surface area contributed by atoms with Crippen LogP contribution in [0.15, 0.2) is 47.8 Å². The number of benzene rings is 2. The van der Waals surface area contributed by atoms with Crippen molar-refractivity contribution >= 4 is 51.5 Å². The van der Waals surface area contributed by atoms with Crippen molar-refractivity contribution in [3.05, 3.63) is 69.0 Å². The van der Waals surface area contributed by atoms with Gasteiger partial charge in [0.05, 0.1) is 22.3 Å². The van der Waals surface area contributed by atoms with Crippen molar-refractivity contribution < 1.29 is 9.59 Å². The second kappa shape index (κ2) is 8.52. The van der Waals surface area contributed by atoms with E-state index in [0.29, 0.717) is 15.7 Å². The molecule has 0 aliphatic rings. The molecule has 0 saturated heterocycles. The summed E-state index contributed by atoms with van der Waals surface area (Å²) < 4.78 is 0. The van der Waals surface area contributed by atoms with Gasteiger partial charge in [-0.25, -0.2) is 4.98 Å². The van der Waals surface area contributed by atoms with Crippen LogP contribution in [-0.2, 0) is 4.79 Å². The van der Waals surface area contributed by atoms with Crippen LogP contribution in [0, 0.1) is 6.92 Å². The van der Waals surface area contributed by atoms with Gasteiger partial charge in [0.15, 0.2) is 5.13 Å². The standard InChI is InChI=1S/C19H15Cl2N3O2S/c1-11-4-2-3-5-13(11)16-10-27-19(23-16)24-17(25)9-22-18(26)12-6-7-14(20)15(21)8-12/h2-8,10H,9H2,1H3,(H,22,26)(H,23,24,25). The third-order valence-corrected chi connectivity index (χ3v) is 5.26. The first-order chi connectivity index (χ1) is 12.9. The van der Waals surface area contributed by atoms with Crippen LogP contribution in [0.2, 0.25) is 10.0 Å². The Bertz CT molecular complexity index is 1000. The van der Waals surface area contributed by atoms with Crippen molar-refractivity contribution in [1.29, 1.82) is 0 Å². The molecule has 8 heteroatoms. The van der Waals surface area contributed by atoms with Gasteiger partial charge in [-0.15, -0.1) is 11.3 Å². The first-order valence-corrected chi connectivity index (χ1v) is 9.62. The van der Waals surface area contributed by atoms with Gasteiger partial charge in [0.25, 0.3) is 5.91 Å². The van der Waals surface area contributed by atoms with Gasteiger partial charge in [-0.3, -0.25) is 9.59 Å². The minimum absolute atomic E-state index is 0.182. The zero-order chi connectivity index (χ0) is 19.4. The second-order valence-electron chi connectivity index (χ2n) is 5.71. The van der Waals surface area contributed by atoms with Gasteiger partial charge in [-0.1, -0.05) is 47.5 Å². The summed E-state index contributed by atoms with van der Waals surface area (Å²) in [5.41, 5.74) is 3.25. The van der Waals surface area contributed by atoms with Gasteiger partial charge in [-0.2, -0.15) is 0 Å². The highest BCUT2D eigenvalue weighted by Crippen LogP contribution is 2.27. The second-order valence-corrected chi connectivity index (χ2v) is 7.39. The van der Waals surface area contributed by atoms with E-state index in [1.165, 1.54) is 29.5 Å². The van der Waals surface area contributed by atoms with Crippen LogP contribution in [0.4, 0.5) is 5.13 Å². The minimum atomic E-state index is -0.413. The van der Waals surface area contributed by atoms with Crippen molar-refractivity contribution in [2.75, 3.05) is 11.9 Å². The molecule has 0 aliphatic carbocycles. The average molecular weight is 420 g/mol. The maximum Gasteiger partial charge on any atom is 0.251 e. The van der Waals surface area contributed by atoms with Gasteiger partial charge < -0.3 is 10.6 Å². The Morgan fingerprint density at radius 1 is 1.11 bits per heavy atom. The highest BCUT2D eigenvalue weighted by Gasteiger charge is 2.12. The van der Waals surface area contributed by atoms with E-state index in [4.69, 9.17) is 23.2 Å². The number of rotatable bonds is 5. The number of halogens is 2. The van der Waals surface area contributed by atoms with Crippen LogP contribution in [0.5, 0.6) is 0 Å².